The third-order valence-electron chi connectivity index (χ3n) is 3.19. The molecule has 1 saturated heterocycles. The lowest BCUT2D eigenvalue weighted by Crippen LogP contribution is -2.50. The van der Waals surface area contributed by atoms with Crippen molar-refractivity contribution in [2.75, 3.05) is 24.3 Å². The Morgan fingerprint density at radius 1 is 1.45 bits per heavy atom. The minimum absolute atomic E-state index is 0.229. The van der Waals surface area contributed by atoms with Gasteiger partial charge in [0.25, 0.3) is 5.91 Å². The summed E-state index contributed by atoms with van der Waals surface area (Å²) >= 11 is 4.95. The van der Waals surface area contributed by atoms with Crippen LogP contribution in [0.25, 0.3) is 0 Å². The minimum Gasteiger partial charge on any atom is -0.320 e. The quantitative estimate of drug-likeness (QED) is 0.793. The summed E-state index contributed by atoms with van der Waals surface area (Å²) in [6.45, 7) is 2.40. The van der Waals surface area contributed by atoms with Gasteiger partial charge in [0, 0.05) is 28.8 Å². The molecule has 1 amide bonds. The van der Waals surface area contributed by atoms with Crippen LogP contribution in [0, 0.1) is 6.92 Å². The van der Waals surface area contributed by atoms with Crippen LogP contribution in [0.2, 0.25) is 0 Å². The number of thioether (sulfide) groups is 1. The molecule has 1 aromatic rings. The molecule has 1 atom stereocenters. The van der Waals surface area contributed by atoms with Crippen molar-refractivity contribution >= 4 is 43.4 Å². The summed E-state index contributed by atoms with van der Waals surface area (Å²) in [5.41, 5.74) is 1.55. The summed E-state index contributed by atoms with van der Waals surface area (Å²) < 4.78 is 24.4. The first-order chi connectivity index (χ1) is 9.30. The van der Waals surface area contributed by atoms with Gasteiger partial charge >= 0.3 is 0 Å². The van der Waals surface area contributed by atoms with Crippen molar-refractivity contribution in [3.05, 3.63) is 33.8 Å². The highest BCUT2D eigenvalue weighted by Crippen LogP contribution is 2.26. The lowest BCUT2D eigenvalue weighted by Gasteiger charge is -2.34. The molecular weight excluding hydrogens is 362 g/mol. The summed E-state index contributed by atoms with van der Waals surface area (Å²) in [5, 5.41) is -0.734. The zero-order valence-corrected chi connectivity index (χ0v) is 14.5. The van der Waals surface area contributed by atoms with Crippen LogP contribution in [0.1, 0.15) is 15.9 Å². The number of rotatable bonds is 2. The van der Waals surface area contributed by atoms with Crippen molar-refractivity contribution in [1.29, 1.82) is 0 Å². The van der Waals surface area contributed by atoms with E-state index >= 15 is 0 Å². The number of halogens is 1. The number of hydrogen-bond donors (Lipinski definition) is 0. The van der Waals surface area contributed by atoms with Crippen LogP contribution in [-0.4, -0.2) is 48.9 Å². The van der Waals surface area contributed by atoms with E-state index in [1.54, 1.807) is 17.8 Å². The van der Waals surface area contributed by atoms with Crippen molar-refractivity contribution in [1.82, 2.24) is 4.90 Å². The van der Waals surface area contributed by atoms with E-state index in [2.05, 4.69) is 15.9 Å². The number of benzene rings is 1. The summed E-state index contributed by atoms with van der Waals surface area (Å²) in [6.07, 6.45) is 1.19. The Balaban J connectivity index is 2.35. The van der Waals surface area contributed by atoms with Crippen LogP contribution in [0.15, 0.2) is 22.7 Å². The average Bonchev–Trinajstić information content (AvgIpc) is 2.37. The molecule has 1 aromatic carbocycles. The van der Waals surface area contributed by atoms with Crippen molar-refractivity contribution in [3.8, 4) is 0 Å². The number of carbonyl (C=O) groups is 1. The van der Waals surface area contributed by atoms with Gasteiger partial charge in [-0.05, 0) is 40.5 Å². The number of hydrogen-bond acceptors (Lipinski definition) is 4. The fourth-order valence-corrected chi connectivity index (χ4v) is 5.59. The molecule has 7 heteroatoms. The van der Waals surface area contributed by atoms with Crippen LogP contribution in [0.4, 0.5) is 0 Å². The largest absolute Gasteiger partial charge is 0.320 e. The van der Waals surface area contributed by atoms with Crippen LogP contribution in [0.3, 0.4) is 0 Å². The number of amides is 1. The molecule has 0 aliphatic carbocycles. The van der Waals surface area contributed by atoms with Gasteiger partial charge in [-0.1, -0.05) is 6.07 Å². The third kappa shape index (κ3) is 3.38. The topological polar surface area (TPSA) is 54.5 Å². The third-order valence-corrected chi connectivity index (χ3v) is 6.49. The number of sulfone groups is 1. The molecule has 110 valence electrons. The summed E-state index contributed by atoms with van der Waals surface area (Å²) in [5.74, 6) is 0.975. The van der Waals surface area contributed by atoms with E-state index in [9.17, 15) is 13.2 Å². The molecule has 1 aliphatic heterocycles. The van der Waals surface area contributed by atoms with Gasteiger partial charge in [-0.25, -0.2) is 8.42 Å². The smallest absolute Gasteiger partial charge is 0.256 e. The van der Waals surface area contributed by atoms with Crippen molar-refractivity contribution < 1.29 is 13.2 Å². The van der Waals surface area contributed by atoms with Crippen molar-refractivity contribution in [3.63, 3.8) is 0 Å². The maximum atomic E-state index is 12.6. The van der Waals surface area contributed by atoms with Gasteiger partial charge in [-0.15, -0.1) is 0 Å². The highest BCUT2D eigenvalue weighted by Gasteiger charge is 2.35. The first-order valence-corrected chi connectivity index (χ1v) is 10.0. The number of aryl methyl sites for hydroxylation is 1. The van der Waals surface area contributed by atoms with Crippen LogP contribution < -0.4 is 0 Å². The molecule has 0 radical (unpaired) electrons. The maximum absolute atomic E-state index is 12.6. The van der Waals surface area contributed by atoms with Gasteiger partial charge in [0.1, 0.15) is 5.37 Å². The van der Waals surface area contributed by atoms with Crippen LogP contribution in [0.5, 0.6) is 0 Å². The zero-order chi connectivity index (χ0) is 14.9. The summed E-state index contributed by atoms with van der Waals surface area (Å²) in [4.78, 5) is 14.1. The van der Waals surface area contributed by atoms with Gasteiger partial charge in [0.05, 0.1) is 5.56 Å². The van der Waals surface area contributed by atoms with Crippen molar-refractivity contribution in [2.45, 2.75) is 12.3 Å². The molecule has 1 unspecified atom stereocenters. The second kappa shape index (κ2) is 6.07. The predicted molar refractivity (Wildman–Crippen MR) is 85.9 cm³/mol. The fourth-order valence-electron chi connectivity index (χ4n) is 2.12. The molecule has 1 fully saturated rings. The first kappa shape index (κ1) is 15.9. The molecule has 1 aliphatic rings. The Hall–Kier alpha value is -0.530. The lowest BCUT2D eigenvalue weighted by molar-refractivity contribution is 0.0748. The Labute approximate surface area is 132 Å². The molecule has 20 heavy (non-hydrogen) atoms. The highest BCUT2D eigenvalue weighted by atomic mass is 79.9. The van der Waals surface area contributed by atoms with Crippen LogP contribution >= 0.6 is 27.7 Å². The molecule has 0 aromatic heterocycles. The first-order valence-electron chi connectivity index (χ1n) is 6.14. The fraction of sp³-hybridized carbons (Fsp3) is 0.462. The monoisotopic (exact) mass is 377 g/mol. The normalized spacial score (nSPS) is 19.9. The Morgan fingerprint density at radius 2 is 2.15 bits per heavy atom. The minimum atomic E-state index is -3.28. The van der Waals surface area contributed by atoms with E-state index in [4.69, 9.17) is 0 Å². The molecule has 0 bridgehead atoms. The van der Waals surface area contributed by atoms with Crippen LogP contribution in [-0.2, 0) is 9.84 Å². The van der Waals surface area contributed by atoms with Gasteiger partial charge in [-0.3, -0.25) is 4.79 Å². The SMILES string of the molecule is Cc1ccc(C(=O)N2CCSCC2S(C)(=O)=O)c(Br)c1. The maximum Gasteiger partial charge on any atom is 0.256 e. The molecule has 0 saturated carbocycles. The van der Waals surface area contributed by atoms with Gasteiger partial charge in [-0.2, -0.15) is 11.8 Å². The van der Waals surface area contributed by atoms with E-state index in [-0.39, 0.29) is 5.91 Å². The lowest BCUT2D eigenvalue weighted by atomic mass is 10.1. The molecule has 0 spiro atoms. The van der Waals surface area contributed by atoms with Gasteiger partial charge < -0.3 is 4.90 Å². The molecular formula is C13H16BrNO3S2. The summed E-state index contributed by atoms with van der Waals surface area (Å²) in [6, 6.07) is 5.45. The molecule has 2 rings (SSSR count). The zero-order valence-electron chi connectivity index (χ0n) is 11.3. The predicted octanol–water partition coefficient (Wildman–Crippen LogP) is 2.32. The Bertz CT molecular complexity index is 631. The standard InChI is InChI=1S/C13H16BrNO3S2/c1-9-3-4-10(11(14)7-9)13(16)15-5-6-19-8-12(15)20(2,17)18/h3-4,7,12H,5-6,8H2,1-2H3. The van der Waals surface area contributed by atoms with Gasteiger partial charge in [0.15, 0.2) is 9.84 Å². The Kier molecular flexibility index (Phi) is 4.81. The molecule has 4 nitrogen and oxygen atoms in total. The van der Waals surface area contributed by atoms with E-state index < -0.39 is 15.2 Å². The molecule has 1 heterocycles. The number of nitrogens with zero attached hydrogens (tertiary/aromatic N) is 1. The summed E-state index contributed by atoms with van der Waals surface area (Å²) in [7, 11) is -3.28. The second-order valence-corrected chi connectivity index (χ2v) is 9.05. The highest BCUT2D eigenvalue weighted by molar-refractivity contribution is 9.10. The van der Waals surface area contributed by atoms with Gasteiger partial charge in [0.2, 0.25) is 0 Å². The number of carbonyl (C=O) groups excluding carboxylic acids is 1. The second-order valence-electron chi connectivity index (χ2n) is 4.84. The Morgan fingerprint density at radius 3 is 2.75 bits per heavy atom. The van der Waals surface area contributed by atoms with E-state index in [0.29, 0.717) is 22.3 Å². The van der Waals surface area contributed by atoms with E-state index in [0.717, 1.165) is 11.3 Å². The average molecular weight is 378 g/mol. The van der Waals surface area contributed by atoms with Crippen molar-refractivity contribution in [2.24, 2.45) is 0 Å². The van der Waals surface area contributed by atoms with E-state index in [1.165, 1.54) is 11.2 Å². The molecule has 0 N–H and O–H groups in total. The van der Waals surface area contributed by atoms with E-state index in [1.807, 2.05) is 19.1 Å².